The number of nitrogens with zero attached hydrogens (tertiary/aromatic N) is 1. The SMILES string of the molecule is CCNC(=O)C(Cc1ccccc1)N(Cc1ccc(Cl)cc1Cl)C(=O)CSCc1ccc(Br)cc1. The van der Waals surface area contributed by atoms with Crippen molar-refractivity contribution in [1.82, 2.24) is 10.2 Å². The second-order valence-corrected chi connectivity index (χ2v) is 10.7. The molecule has 0 aromatic heterocycles. The summed E-state index contributed by atoms with van der Waals surface area (Å²) in [5.41, 5.74) is 2.85. The topological polar surface area (TPSA) is 49.4 Å². The van der Waals surface area contributed by atoms with Gasteiger partial charge < -0.3 is 10.2 Å². The molecule has 0 aliphatic heterocycles. The molecule has 0 aliphatic carbocycles. The van der Waals surface area contributed by atoms with Gasteiger partial charge in [0.2, 0.25) is 11.8 Å². The second-order valence-electron chi connectivity index (χ2n) is 7.98. The molecule has 3 aromatic carbocycles. The van der Waals surface area contributed by atoms with Crippen LogP contribution >= 0.6 is 50.9 Å². The highest BCUT2D eigenvalue weighted by molar-refractivity contribution is 9.10. The van der Waals surface area contributed by atoms with Crippen molar-refractivity contribution in [2.45, 2.75) is 31.7 Å². The van der Waals surface area contributed by atoms with Crippen molar-refractivity contribution in [2.75, 3.05) is 12.3 Å². The molecule has 35 heavy (non-hydrogen) atoms. The number of hydrogen-bond acceptors (Lipinski definition) is 3. The maximum absolute atomic E-state index is 13.6. The molecule has 0 heterocycles. The summed E-state index contributed by atoms with van der Waals surface area (Å²) >= 11 is 17.5. The molecule has 0 saturated heterocycles. The van der Waals surface area contributed by atoms with Gasteiger partial charge in [-0.3, -0.25) is 9.59 Å². The Balaban J connectivity index is 1.85. The first-order valence-electron chi connectivity index (χ1n) is 11.2. The largest absolute Gasteiger partial charge is 0.355 e. The summed E-state index contributed by atoms with van der Waals surface area (Å²) in [6.07, 6.45) is 0.404. The molecular weight excluding hydrogens is 567 g/mol. The fourth-order valence-corrected chi connectivity index (χ4v) is 5.20. The minimum absolute atomic E-state index is 0.120. The molecule has 0 spiro atoms. The lowest BCUT2D eigenvalue weighted by atomic mass is 10.0. The maximum atomic E-state index is 13.6. The van der Waals surface area contributed by atoms with Gasteiger partial charge in [0.25, 0.3) is 0 Å². The average Bonchev–Trinajstić information content (AvgIpc) is 2.84. The van der Waals surface area contributed by atoms with Crippen molar-refractivity contribution in [3.05, 3.63) is 104 Å². The van der Waals surface area contributed by atoms with Gasteiger partial charge in [0, 0.05) is 39.8 Å². The zero-order chi connectivity index (χ0) is 25.2. The van der Waals surface area contributed by atoms with Gasteiger partial charge in [-0.15, -0.1) is 11.8 Å². The summed E-state index contributed by atoms with van der Waals surface area (Å²) in [7, 11) is 0. The van der Waals surface area contributed by atoms with E-state index in [0.29, 0.717) is 28.8 Å². The van der Waals surface area contributed by atoms with Crippen molar-refractivity contribution in [2.24, 2.45) is 0 Å². The highest BCUT2D eigenvalue weighted by Gasteiger charge is 2.30. The van der Waals surface area contributed by atoms with Gasteiger partial charge in [0.15, 0.2) is 0 Å². The number of carbonyl (C=O) groups is 2. The smallest absolute Gasteiger partial charge is 0.243 e. The number of nitrogens with one attached hydrogen (secondary N) is 1. The Morgan fingerprint density at radius 3 is 2.37 bits per heavy atom. The van der Waals surface area contributed by atoms with Crippen LogP contribution < -0.4 is 5.32 Å². The highest BCUT2D eigenvalue weighted by atomic mass is 79.9. The van der Waals surface area contributed by atoms with Crippen LogP contribution in [0.25, 0.3) is 0 Å². The molecule has 3 aromatic rings. The maximum Gasteiger partial charge on any atom is 0.243 e. The van der Waals surface area contributed by atoms with Gasteiger partial charge in [0.1, 0.15) is 6.04 Å². The summed E-state index contributed by atoms with van der Waals surface area (Å²) in [5, 5.41) is 3.88. The summed E-state index contributed by atoms with van der Waals surface area (Å²) in [6, 6.07) is 22.3. The van der Waals surface area contributed by atoms with Gasteiger partial charge in [-0.2, -0.15) is 0 Å². The fraction of sp³-hybridized carbons (Fsp3) is 0.259. The predicted octanol–water partition coefficient (Wildman–Crippen LogP) is 6.77. The van der Waals surface area contributed by atoms with Crippen molar-refractivity contribution >= 4 is 62.7 Å². The number of hydrogen-bond donors (Lipinski definition) is 1. The first-order valence-corrected chi connectivity index (χ1v) is 13.9. The highest BCUT2D eigenvalue weighted by Crippen LogP contribution is 2.25. The number of thioether (sulfide) groups is 1. The van der Waals surface area contributed by atoms with Crippen LogP contribution in [-0.4, -0.2) is 35.1 Å². The zero-order valence-electron chi connectivity index (χ0n) is 19.3. The molecule has 4 nitrogen and oxygen atoms in total. The van der Waals surface area contributed by atoms with E-state index in [4.69, 9.17) is 23.2 Å². The third kappa shape index (κ3) is 8.57. The number of rotatable bonds is 11. The second kappa shape index (κ2) is 13.9. The van der Waals surface area contributed by atoms with E-state index >= 15 is 0 Å². The van der Waals surface area contributed by atoms with E-state index in [-0.39, 0.29) is 24.1 Å². The number of amides is 2. The molecule has 184 valence electrons. The molecule has 1 N–H and O–H groups in total. The zero-order valence-corrected chi connectivity index (χ0v) is 23.3. The lowest BCUT2D eigenvalue weighted by Crippen LogP contribution is -2.51. The van der Waals surface area contributed by atoms with Crippen LogP contribution in [-0.2, 0) is 28.3 Å². The summed E-state index contributed by atoms with van der Waals surface area (Å²) in [5.74, 6) is 0.628. The molecule has 1 unspecified atom stereocenters. The van der Waals surface area contributed by atoms with E-state index in [1.807, 2.05) is 61.5 Å². The van der Waals surface area contributed by atoms with Crippen LogP contribution in [0.4, 0.5) is 0 Å². The van der Waals surface area contributed by atoms with Gasteiger partial charge in [-0.1, -0.05) is 87.7 Å². The Kier molecular flexibility index (Phi) is 11.0. The first-order chi connectivity index (χ1) is 16.9. The van der Waals surface area contributed by atoms with Crippen LogP contribution in [0, 0.1) is 0 Å². The quantitative estimate of drug-likeness (QED) is 0.267. The van der Waals surface area contributed by atoms with Crippen LogP contribution in [0.1, 0.15) is 23.6 Å². The monoisotopic (exact) mass is 592 g/mol. The molecule has 0 saturated carbocycles. The van der Waals surface area contributed by atoms with Crippen molar-refractivity contribution in [1.29, 1.82) is 0 Å². The number of halogens is 3. The van der Waals surface area contributed by atoms with E-state index < -0.39 is 6.04 Å². The van der Waals surface area contributed by atoms with Gasteiger partial charge in [0.05, 0.1) is 5.75 Å². The summed E-state index contributed by atoms with van der Waals surface area (Å²) < 4.78 is 1.01. The molecule has 0 fully saturated rings. The van der Waals surface area contributed by atoms with Crippen LogP contribution in [0.3, 0.4) is 0 Å². The van der Waals surface area contributed by atoms with E-state index in [2.05, 4.69) is 21.2 Å². The average molecular weight is 594 g/mol. The van der Waals surface area contributed by atoms with Gasteiger partial charge >= 0.3 is 0 Å². The molecule has 0 aliphatic rings. The Morgan fingerprint density at radius 2 is 1.71 bits per heavy atom. The van der Waals surface area contributed by atoms with Crippen molar-refractivity contribution in [3.8, 4) is 0 Å². The van der Waals surface area contributed by atoms with E-state index in [1.165, 1.54) is 11.8 Å². The molecule has 0 radical (unpaired) electrons. The van der Waals surface area contributed by atoms with Gasteiger partial charge in [-0.25, -0.2) is 0 Å². The van der Waals surface area contributed by atoms with Crippen LogP contribution in [0.15, 0.2) is 77.3 Å². The Morgan fingerprint density at radius 1 is 1.00 bits per heavy atom. The minimum Gasteiger partial charge on any atom is -0.355 e. The Hall–Kier alpha value is -1.99. The van der Waals surface area contributed by atoms with Crippen molar-refractivity contribution < 1.29 is 9.59 Å². The normalized spacial score (nSPS) is 11.7. The molecule has 2 amide bonds. The molecule has 8 heteroatoms. The number of carbonyl (C=O) groups excluding carboxylic acids is 2. The van der Waals surface area contributed by atoms with E-state index in [9.17, 15) is 9.59 Å². The van der Waals surface area contributed by atoms with Crippen LogP contribution in [0.2, 0.25) is 10.0 Å². The fourth-order valence-electron chi connectivity index (χ4n) is 3.60. The minimum atomic E-state index is -0.676. The third-order valence-corrected chi connectivity index (χ3v) is 7.49. The Labute approximate surface area is 229 Å². The van der Waals surface area contributed by atoms with E-state index in [0.717, 1.165) is 21.2 Å². The number of likely N-dealkylation sites (N-methyl/N-ethyl adjacent to an activating group) is 1. The van der Waals surface area contributed by atoms with E-state index in [1.54, 1.807) is 23.1 Å². The summed E-state index contributed by atoms with van der Waals surface area (Å²) in [6.45, 7) is 2.56. The standard InChI is InChI=1S/C27H27BrCl2N2O2S/c1-2-31-27(34)25(14-19-6-4-3-5-7-19)32(16-21-10-13-23(29)15-24(21)30)26(33)18-35-17-20-8-11-22(28)12-9-20/h3-13,15,25H,2,14,16-18H2,1H3,(H,31,34). The van der Waals surface area contributed by atoms with Crippen LogP contribution in [0.5, 0.6) is 0 Å². The predicted molar refractivity (Wildman–Crippen MR) is 150 cm³/mol. The van der Waals surface area contributed by atoms with Gasteiger partial charge in [-0.05, 0) is 47.9 Å². The number of benzene rings is 3. The third-order valence-electron chi connectivity index (χ3n) is 5.39. The first kappa shape index (κ1) is 27.6. The molecule has 0 bridgehead atoms. The molecule has 3 rings (SSSR count). The lowest BCUT2D eigenvalue weighted by Gasteiger charge is -2.31. The molecule has 1 atom stereocenters. The lowest BCUT2D eigenvalue weighted by molar-refractivity contribution is -0.139. The van der Waals surface area contributed by atoms with Crippen molar-refractivity contribution in [3.63, 3.8) is 0 Å². The Bertz CT molecular complexity index is 1130. The summed E-state index contributed by atoms with van der Waals surface area (Å²) in [4.78, 5) is 28.4. The molecular formula is C27H27BrCl2N2O2S.